The van der Waals surface area contributed by atoms with Gasteiger partial charge in [0.1, 0.15) is 0 Å². The van der Waals surface area contributed by atoms with Crippen LogP contribution in [0.15, 0.2) is 4.42 Å². The lowest BCUT2D eigenvalue weighted by Crippen LogP contribution is -2.28. The van der Waals surface area contributed by atoms with Crippen molar-refractivity contribution < 1.29 is 4.42 Å². The van der Waals surface area contributed by atoms with Gasteiger partial charge in [-0.1, -0.05) is 13.8 Å². The van der Waals surface area contributed by atoms with Crippen molar-refractivity contribution in [2.75, 3.05) is 13.1 Å². The van der Waals surface area contributed by atoms with E-state index in [-0.39, 0.29) is 0 Å². The monoisotopic (exact) mass is 195 g/mol. The molecule has 1 saturated heterocycles. The molecule has 1 aliphatic rings. The number of nitrogens with zero attached hydrogens (tertiary/aromatic N) is 2. The van der Waals surface area contributed by atoms with Crippen LogP contribution in [0.1, 0.15) is 50.3 Å². The maximum atomic E-state index is 5.62. The summed E-state index contributed by atoms with van der Waals surface area (Å²) in [6.07, 6.45) is 2.36. The minimum atomic E-state index is 0.327. The van der Waals surface area contributed by atoms with E-state index in [1.165, 1.54) is 6.42 Å². The average molecular weight is 195 g/mol. The molecular weight excluding hydrogens is 178 g/mol. The molecule has 1 N–H and O–H groups in total. The van der Waals surface area contributed by atoms with Crippen LogP contribution in [0.2, 0.25) is 0 Å². The third-order valence-electron chi connectivity index (χ3n) is 2.60. The molecule has 2 heterocycles. The summed E-state index contributed by atoms with van der Waals surface area (Å²) in [5.41, 5.74) is 0. The molecule has 2 rings (SSSR count). The second-order valence-corrected chi connectivity index (χ2v) is 4.18. The highest BCUT2D eigenvalue weighted by molar-refractivity contribution is 4.96. The van der Waals surface area contributed by atoms with Crippen molar-refractivity contribution in [3.05, 3.63) is 11.8 Å². The molecular formula is C10H17N3O. The van der Waals surface area contributed by atoms with E-state index >= 15 is 0 Å². The van der Waals surface area contributed by atoms with Crippen molar-refractivity contribution in [2.24, 2.45) is 0 Å². The first-order valence-electron chi connectivity index (χ1n) is 5.31. The van der Waals surface area contributed by atoms with Gasteiger partial charge in [-0.05, 0) is 19.4 Å². The smallest absolute Gasteiger partial charge is 0.220 e. The van der Waals surface area contributed by atoms with E-state index < -0.39 is 0 Å². The van der Waals surface area contributed by atoms with Crippen LogP contribution in [0, 0.1) is 0 Å². The Bertz CT molecular complexity index is 289. The molecule has 4 heteroatoms. The predicted octanol–water partition coefficient (Wildman–Crippen LogP) is 1.66. The number of rotatable bonds is 2. The summed E-state index contributed by atoms with van der Waals surface area (Å²) in [5, 5.41) is 11.5. The number of hydrogen-bond acceptors (Lipinski definition) is 4. The highest BCUT2D eigenvalue weighted by Crippen LogP contribution is 2.23. The Balaban J connectivity index is 2.07. The van der Waals surface area contributed by atoms with E-state index in [0.29, 0.717) is 11.8 Å². The quantitative estimate of drug-likeness (QED) is 0.779. The number of nitrogens with one attached hydrogen (secondary N) is 1. The molecule has 0 amide bonds. The van der Waals surface area contributed by atoms with Crippen LogP contribution in [0.4, 0.5) is 0 Å². The third kappa shape index (κ3) is 1.95. The van der Waals surface area contributed by atoms with Gasteiger partial charge in [0.15, 0.2) is 0 Å². The van der Waals surface area contributed by atoms with Crippen molar-refractivity contribution in [1.29, 1.82) is 0 Å². The molecule has 1 aromatic heterocycles. The SMILES string of the molecule is CC(C)c1nnc([C@@H]2CCCNC2)o1. The van der Waals surface area contributed by atoms with Gasteiger partial charge in [0.05, 0.1) is 0 Å². The molecule has 1 atom stereocenters. The van der Waals surface area contributed by atoms with Gasteiger partial charge in [0.25, 0.3) is 0 Å². The van der Waals surface area contributed by atoms with E-state index in [2.05, 4.69) is 29.4 Å². The second-order valence-electron chi connectivity index (χ2n) is 4.18. The van der Waals surface area contributed by atoms with Crippen molar-refractivity contribution in [3.63, 3.8) is 0 Å². The van der Waals surface area contributed by atoms with Crippen molar-refractivity contribution in [2.45, 2.75) is 38.5 Å². The normalized spacial score (nSPS) is 22.9. The number of aromatic nitrogens is 2. The van der Waals surface area contributed by atoms with Gasteiger partial charge in [-0.3, -0.25) is 0 Å². The molecule has 0 saturated carbocycles. The number of hydrogen-bond donors (Lipinski definition) is 1. The molecule has 1 fully saturated rings. The van der Waals surface area contributed by atoms with Crippen LogP contribution >= 0.6 is 0 Å². The fraction of sp³-hybridized carbons (Fsp3) is 0.800. The minimum absolute atomic E-state index is 0.327. The Morgan fingerprint density at radius 2 is 2.29 bits per heavy atom. The van der Waals surface area contributed by atoms with Gasteiger partial charge in [0, 0.05) is 18.4 Å². The maximum absolute atomic E-state index is 5.62. The molecule has 0 aromatic carbocycles. The Morgan fingerprint density at radius 1 is 1.43 bits per heavy atom. The molecule has 14 heavy (non-hydrogen) atoms. The highest BCUT2D eigenvalue weighted by atomic mass is 16.4. The van der Waals surface area contributed by atoms with Crippen molar-refractivity contribution in [3.8, 4) is 0 Å². The Kier molecular flexibility index (Phi) is 2.82. The van der Waals surface area contributed by atoms with Gasteiger partial charge < -0.3 is 9.73 Å². The first-order valence-corrected chi connectivity index (χ1v) is 5.31. The largest absolute Gasteiger partial charge is 0.425 e. The lowest BCUT2D eigenvalue weighted by atomic mass is 10.00. The fourth-order valence-electron chi connectivity index (χ4n) is 1.71. The van der Waals surface area contributed by atoms with Crippen molar-refractivity contribution in [1.82, 2.24) is 15.5 Å². The zero-order valence-corrected chi connectivity index (χ0v) is 8.79. The summed E-state index contributed by atoms with van der Waals surface area (Å²) in [4.78, 5) is 0. The fourth-order valence-corrected chi connectivity index (χ4v) is 1.71. The third-order valence-corrected chi connectivity index (χ3v) is 2.60. The molecule has 4 nitrogen and oxygen atoms in total. The van der Waals surface area contributed by atoms with Crippen LogP contribution < -0.4 is 5.32 Å². The average Bonchev–Trinajstić information content (AvgIpc) is 2.68. The topological polar surface area (TPSA) is 51.0 Å². The Labute approximate surface area is 84.1 Å². The minimum Gasteiger partial charge on any atom is -0.425 e. The summed E-state index contributed by atoms with van der Waals surface area (Å²) >= 11 is 0. The van der Waals surface area contributed by atoms with Crippen LogP contribution in [0.25, 0.3) is 0 Å². The lowest BCUT2D eigenvalue weighted by molar-refractivity contribution is 0.357. The summed E-state index contributed by atoms with van der Waals surface area (Å²) in [6.45, 7) is 6.22. The van der Waals surface area contributed by atoms with E-state index in [4.69, 9.17) is 4.42 Å². The molecule has 0 spiro atoms. The van der Waals surface area contributed by atoms with E-state index in [9.17, 15) is 0 Å². The predicted molar refractivity (Wildman–Crippen MR) is 53.2 cm³/mol. The van der Waals surface area contributed by atoms with Crippen LogP contribution in [-0.2, 0) is 0 Å². The van der Waals surface area contributed by atoms with Gasteiger partial charge in [-0.2, -0.15) is 0 Å². The van der Waals surface area contributed by atoms with Gasteiger partial charge in [-0.25, -0.2) is 0 Å². The Morgan fingerprint density at radius 3 is 2.86 bits per heavy atom. The second kappa shape index (κ2) is 4.09. The zero-order valence-electron chi connectivity index (χ0n) is 8.79. The van der Waals surface area contributed by atoms with Gasteiger partial charge in [-0.15, -0.1) is 10.2 Å². The first-order chi connectivity index (χ1) is 6.77. The van der Waals surface area contributed by atoms with E-state index in [1.54, 1.807) is 0 Å². The van der Waals surface area contributed by atoms with Crippen LogP contribution in [-0.4, -0.2) is 23.3 Å². The summed E-state index contributed by atoms with van der Waals surface area (Å²) in [6, 6.07) is 0. The van der Waals surface area contributed by atoms with E-state index in [0.717, 1.165) is 31.3 Å². The van der Waals surface area contributed by atoms with Crippen LogP contribution in [0.3, 0.4) is 0 Å². The number of piperidine rings is 1. The molecule has 1 aromatic rings. The lowest BCUT2D eigenvalue weighted by Gasteiger charge is -2.19. The summed E-state index contributed by atoms with van der Waals surface area (Å²) in [5.74, 6) is 2.31. The first kappa shape index (κ1) is 9.65. The molecule has 0 bridgehead atoms. The van der Waals surface area contributed by atoms with Crippen LogP contribution in [0.5, 0.6) is 0 Å². The maximum Gasteiger partial charge on any atom is 0.220 e. The Hall–Kier alpha value is -0.900. The van der Waals surface area contributed by atoms with Crippen molar-refractivity contribution >= 4 is 0 Å². The molecule has 0 unspecified atom stereocenters. The molecule has 0 aliphatic carbocycles. The molecule has 0 radical (unpaired) electrons. The standard InChI is InChI=1S/C10H17N3O/c1-7(2)9-12-13-10(14-9)8-4-3-5-11-6-8/h7-8,11H,3-6H2,1-2H3/t8-/m1/s1. The van der Waals surface area contributed by atoms with Gasteiger partial charge >= 0.3 is 0 Å². The molecule has 1 aliphatic heterocycles. The summed E-state index contributed by atoms with van der Waals surface area (Å²) in [7, 11) is 0. The zero-order chi connectivity index (χ0) is 9.97. The molecule has 78 valence electrons. The van der Waals surface area contributed by atoms with Gasteiger partial charge in [0.2, 0.25) is 11.8 Å². The summed E-state index contributed by atoms with van der Waals surface area (Å²) < 4.78 is 5.62. The van der Waals surface area contributed by atoms with E-state index in [1.807, 2.05) is 0 Å². The highest BCUT2D eigenvalue weighted by Gasteiger charge is 2.21.